The molecular weight excluding hydrogens is 224 g/mol. The maximum Gasteiger partial charge on any atom is 0.309 e. The quantitative estimate of drug-likeness (QED) is 0.880. The van der Waals surface area contributed by atoms with E-state index in [4.69, 9.17) is 0 Å². The smallest absolute Gasteiger partial charge is 0.309 e. The summed E-state index contributed by atoms with van der Waals surface area (Å²) in [5.74, 6) is -0.292. The van der Waals surface area contributed by atoms with Crippen LogP contribution < -0.4 is 0 Å². The van der Waals surface area contributed by atoms with Gasteiger partial charge < -0.3 is 5.11 Å². The van der Waals surface area contributed by atoms with E-state index >= 15 is 0 Å². The van der Waals surface area contributed by atoms with Crippen molar-refractivity contribution in [1.29, 1.82) is 0 Å². The van der Waals surface area contributed by atoms with Gasteiger partial charge in [0.25, 0.3) is 0 Å². The molecule has 1 aliphatic rings. The molecule has 0 saturated heterocycles. The molecule has 0 bridgehead atoms. The topological polar surface area (TPSA) is 37.3 Å². The summed E-state index contributed by atoms with van der Waals surface area (Å²) in [7, 11) is 0. The van der Waals surface area contributed by atoms with Crippen molar-refractivity contribution in [2.45, 2.75) is 47.0 Å². The summed E-state index contributed by atoms with van der Waals surface area (Å²) in [6, 6.07) is 4.30. The Balaban J connectivity index is 2.36. The minimum atomic E-state index is -0.649. The van der Waals surface area contributed by atoms with E-state index in [1.165, 1.54) is 22.3 Å². The number of carboxylic acid groups (broad SMARTS) is 1. The number of rotatable bonds is 4. The average molecular weight is 246 g/mol. The molecule has 0 spiro atoms. The maximum absolute atomic E-state index is 11.6. The molecule has 2 nitrogen and oxygen atoms in total. The minimum Gasteiger partial charge on any atom is -0.481 e. The molecule has 0 aromatic heterocycles. The Hall–Kier alpha value is -1.31. The van der Waals surface area contributed by atoms with Crippen LogP contribution in [0.5, 0.6) is 0 Å². The number of hydrogen-bond donors (Lipinski definition) is 1. The first-order valence-corrected chi connectivity index (χ1v) is 6.64. The van der Waals surface area contributed by atoms with Crippen LogP contribution in [0.4, 0.5) is 0 Å². The Labute approximate surface area is 109 Å². The zero-order chi connectivity index (χ0) is 13.5. The van der Waals surface area contributed by atoms with Gasteiger partial charge in [-0.15, -0.1) is 0 Å². The third-order valence-electron chi connectivity index (χ3n) is 4.35. The summed E-state index contributed by atoms with van der Waals surface area (Å²) in [5, 5.41) is 9.54. The van der Waals surface area contributed by atoms with Crippen molar-refractivity contribution in [3.63, 3.8) is 0 Å². The predicted molar refractivity (Wildman–Crippen MR) is 72.8 cm³/mol. The van der Waals surface area contributed by atoms with E-state index in [0.717, 1.165) is 12.8 Å². The van der Waals surface area contributed by atoms with Gasteiger partial charge in [-0.3, -0.25) is 4.79 Å². The van der Waals surface area contributed by atoms with Crippen LogP contribution >= 0.6 is 0 Å². The van der Waals surface area contributed by atoms with Crippen LogP contribution in [0.2, 0.25) is 0 Å². The molecule has 0 radical (unpaired) electrons. The summed E-state index contributed by atoms with van der Waals surface area (Å²) >= 11 is 0. The molecule has 1 N–H and O–H groups in total. The Bertz CT molecular complexity index is 463. The van der Waals surface area contributed by atoms with E-state index in [2.05, 4.69) is 32.9 Å². The normalized spacial score (nSPS) is 18.4. The van der Waals surface area contributed by atoms with Gasteiger partial charge in [-0.05, 0) is 69.6 Å². The zero-order valence-corrected chi connectivity index (χ0v) is 11.7. The molecule has 0 heterocycles. The lowest BCUT2D eigenvalue weighted by atomic mass is 9.77. The highest BCUT2D eigenvalue weighted by molar-refractivity contribution is 5.75. The van der Waals surface area contributed by atoms with E-state index in [1.807, 2.05) is 6.92 Å². The van der Waals surface area contributed by atoms with Crippen LogP contribution in [0, 0.1) is 32.1 Å². The Morgan fingerprint density at radius 3 is 2.17 bits per heavy atom. The van der Waals surface area contributed by atoms with Crippen molar-refractivity contribution in [3.05, 3.63) is 34.4 Å². The minimum absolute atomic E-state index is 0.357. The third kappa shape index (κ3) is 2.29. The molecule has 1 unspecified atom stereocenters. The number of benzene rings is 1. The van der Waals surface area contributed by atoms with Crippen molar-refractivity contribution in [2.24, 2.45) is 11.3 Å². The number of hydrogen-bond acceptors (Lipinski definition) is 1. The van der Waals surface area contributed by atoms with Gasteiger partial charge in [0.15, 0.2) is 0 Å². The van der Waals surface area contributed by atoms with Crippen LogP contribution in [0.25, 0.3) is 0 Å². The molecule has 0 amide bonds. The van der Waals surface area contributed by atoms with Gasteiger partial charge >= 0.3 is 5.97 Å². The van der Waals surface area contributed by atoms with Crippen molar-refractivity contribution >= 4 is 5.97 Å². The first kappa shape index (κ1) is 13.1. The van der Waals surface area contributed by atoms with E-state index in [9.17, 15) is 9.90 Å². The number of carbonyl (C=O) groups is 1. The summed E-state index contributed by atoms with van der Waals surface area (Å²) in [6.45, 7) is 8.17. The zero-order valence-electron chi connectivity index (χ0n) is 11.7. The number of aliphatic carboxylic acids is 1. The Kier molecular flexibility index (Phi) is 3.22. The molecule has 18 heavy (non-hydrogen) atoms. The van der Waals surface area contributed by atoms with Crippen molar-refractivity contribution in [1.82, 2.24) is 0 Å². The van der Waals surface area contributed by atoms with Gasteiger partial charge in [-0.1, -0.05) is 17.7 Å². The highest BCUT2D eigenvalue weighted by atomic mass is 16.4. The molecule has 0 aliphatic heterocycles. The molecule has 1 fully saturated rings. The monoisotopic (exact) mass is 246 g/mol. The van der Waals surface area contributed by atoms with Crippen LogP contribution in [0.15, 0.2) is 12.1 Å². The highest BCUT2D eigenvalue weighted by Crippen LogP contribution is 2.48. The average Bonchev–Trinajstić information content (AvgIpc) is 3.06. The Morgan fingerprint density at radius 2 is 1.78 bits per heavy atom. The van der Waals surface area contributed by atoms with E-state index < -0.39 is 11.4 Å². The summed E-state index contributed by atoms with van der Waals surface area (Å²) in [4.78, 5) is 11.6. The van der Waals surface area contributed by atoms with Crippen molar-refractivity contribution in [2.75, 3.05) is 0 Å². The van der Waals surface area contributed by atoms with Gasteiger partial charge in [0, 0.05) is 0 Å². The second-order valence-electron chi connectivity index (χ2n) is 6.05. The number of aryl methyl sites for hydroxylation is 3. The van der Waals surface area contributed by atoms with Crippen LogP contribution in [-0.2, 0) is 11.2 Å². The van der Waals surface area contributed by atoms with E-state index in [0.29, 0.717) is 12.3 Å². The summed E-state index contributed by atoms with van der Waals surface area (Å²) in [6.07, 6.45) is 2.78. The number of carboxylic acids is 1. The SMILES string of the molecule is Cc1cc(C)c(CC(C)(C(=O)O)C2CC2)c(C)c1. The summed E-state index contributed by atoms with van der Waals surface area (Å²) in [5.41, 5.74) is 4.32. The molecule has 1 aliphatic carbocycles. The van der Waals surface area contributed by atoms with Gasteiger partial charge in [0.2, 0.25) is 0 Å². The molecule has 1 aromatic rings. The van der Waals surface area contributed by atoms with Gasteiger partial charge in [-0.2, -0.15) is 0 Å². The molecule has 2 heteroatoms. The van der Waals surface area contributed by atoms with Crippen LogP contribution in [0.1, 0.15) is 42.0 Å². The first-order valence-electron chi connectivity index (χ1n) is 6.64. The molecular formula is C16H22O2. The lowest BCUT2D eigenvalue weighted by molar-refractivity contribution is -0.149. The molecule has 1 aromatic carbocycles. The molecule has 2 rings (SSSR count). The maximum atomic E-state index is 11.6. The summed E-state index contributed by atoms with van der Waals surface area (Å²) < 4.78 is 0. The molecule has 1 saturated carbocycles. The third-order valence-corrected chi connectivity index (χ3v) is 4.35. The van der Waals surface area contributed by atoms with Crippen LogP contribution in [0.3, 0.4) is 0 Å². The predicted octanol–water partition coefficient (Wildman–Crippen LogP) is 3.66. The van der Waals surface area contributed by atoms with Gasteiger partial charge in [0.05, 0.1) is 5.41 Å². The Morgan fingerprint density at radius 1 is 1.28 bits per heavy atom. The fourth-order valence-corrected chi connectivity index (χ4v) is 2.97. The fourth-order valence-electron chi connectivity index (χ4n) is 2.97. The lowest BCUT2D eigenvalue weighted by Crippen LogP contribution is -2.33. The van der Waals surface area contributed by atoms with E-state index in [-0.39, 0.29) is 0 Å². The largest absolute Gasteiger partial charge is 0.481 e. The second-order valence-corrected chi connectivity index (χ2v) is 6.05. The standard InChI is InChI=1S/C16H22O2/c1-10-7-11(2)14(12(3)8-10)9-16(4,15(17)18)13-5-6-13/h7-8,13H,5-6,9H2,1-4H3,(H,17,18). The van der Waals surface area contributed by atoms with Gasteiger partial charge in [0.1, 0.15) is 0 Å². The first-order chi connectivity index (χ1) is 8.34. The van der Waals surface area contributed by atoms with Crippen LogP contribution in [-0.4, -0.2) is 11.1 Å². The van der Waals surface area contributed by atoms with Crippen molar-refractivity contribution in [3.8, 4) is 0 Å². The van der Waals surface area contributed by atoms with Gasteiger partial charge in [-0.25, -0.2) is 0 Å². The highest BCUT2D eigenvalue weighted by Gasteiger charge is 2.47. The lowest BCUT2D eigenvalue weighted by Gasteiger charge is -2.26. The second kappa shape index (κ2) is 4.42. The molecule has 98 valence electrons. The fraction of sp³-hybridized carbons (Fsp3) is 0.562. The van der Waals surface area contributed by atoms with E-state index in [1.54, 1.807) is 0 Å². The molecule has 1 atom stereocenters. The van der Waals surface area contributed by atoms with Crippen molar-refractivity contribution < 1.29 is 9.90 Å².